The van der Waals surface area contributed by atoms with Crippen molar-refractivity contribution in [2.75, 3.05) is 93.0 Å². The normalized spacial score (nSPS) is 18.3. The lowest BCUT2D eigenvalue weighted by Crippen LogP contribution is -2.49. The first-order valence-electron chi connectivity index (χ1n) is 18.7. The number of ether oxygens (including phenoxy) is 2. The zero-order chi connectivity index (χ0) is 39.8. The maximum Gasteiger partial charge on any atom is 0.417 e. The highest BCUT2D eigenvalue weighted by molar-refractivity contribution is 7.89. The Morgan fingerprint density at radius 3 is 2.32 bits per heavy atom. The molecule has 3 aromatic rings. The van der Waals surface area contributed by atoms with Gasteiger partial charge in [-0.1, -0.05) is 18.0 Å². The van der Waals surface area contributed by atoms with Gasteiger partial charge in [0, 0.05) is 77.8 Å². The average molecular weight is 820 g/mol. The molecule has 1 saturated carbocycles. The average Bonchev–Trinajstić information content (AvgIpc) is 3.20. The number of hydrogen-bond donors (Lipinski definition) is 1. The number of pyridine rings is 1. The van der Waals surface area contributed by atoms with Crippen molar-refractivity contribution >= 4 is 44.9 Å². The van der Waals surface area contributed by atoms with Crippen LogP contribution >= 0.6 is 11.6 Å². The number of halogens is 4. The number of rotatable bonds is 14. The highest BCUT2D eigenvalue weighted by Gasteiger charge is 2.42. The third kappa shape index (κ3) is 10.6. The maximum atomic E-state index is 13.6. The van der Waals surface area contributed by atoms with Crippen LogP contribution in [0.4, 0.5) is 30.5 Å². The van der Waals surface area contributed by atoms with Gasteiger partial charge in [0.1, 0.15) is 17.6 Å². The molecule has 1 aliphatic carbocycles. The number of nitrogens with one attached hydrogen (secondary N) is 1. The second-order valence-electron chi connectivity index (χ2n) is 14.1. The molecule has 1 amide bonds. The van der Waals surface area contributed by atoms with Crippen LogP contribution in [0.3, 0.4) is 0 Å². The van der Waals surface area contributed by atoms with Crippen LogP contribution in [0, 0.1) is 11.3 Å². The standard InChI is InChI=1S/C37H45ClF3N9O5S/c38-32-22-31(6-5-28(32)23-42)55-36(7-2-1-3-8-36)35(51)46-33-26-45-34(27-44-33)49-12-10-47(11-13-49)9-4-18-54-19-20-56(52,53)50-16-14-48(15-17-50)30-21-29(24-43-25-30)37(39,40)41/h5-6,21-22,24-27H,1-4,7-20H2,(H,44,46,51). The number of hydrogen-bond acceptors (Lipinski definition) is 12. The molecular formula is C37H45ClF3N9O5S. The number of aromatic nitrogens is 3. The Kier molecular flexibility index (Phi) is 13.5. The van der Waals surface area contributed by atoms with Gasteiger partial charge < -0.3 is 24.6 Å². The molecule has 0 bridgehead atoms. The van der Waals surface area contributed by atoms with Gasteiger partial charge in [0.25, 0.3) is 5.91 Å². The molecule has 0 radical (unpaired) electrons. The fourth-order valence-electron chi connectivity index (χ4n) is 7.12. The smallest absolute Gasteiger partial charge is 0.417 e. The number of benzene rings is 1. The zero-order valence-corrected chi connectivity index (χ0v) is 32.5. The fraction of sp³-hybridized carbons (Fsp3) is 0.541. The Bertz CT molecular complexity index is 1950. The summed E-state index contributed by atoms with van der Waals surface area (Å²) in [4.78, 5) is 32.5. The topological polar surface area (TPSA) is 157 Å². The molecule has 2 aliphatic heterocycles. The van der Waals surface area contributed by atoms with Crippen LogP contribution in [0.2, 0.25) is 5.02 Å². The van der Waals surface area contributed by atoms with Crippen LogP contribution in [0.1, 0.15) is 49.7 Å². The molecule has 56 heavy (non-hydrogen) atoms. The summed E-state index contributed by atoms with van der Waals surface area (Å²) >= 11 is 6.22. The van der Waals surface area contributed by atoms with Crippen molar-refractivity contribution in [3.05, 3.63) is 65.2 Å². The number of carbonyl (C=O) groups excluding carboxylic acids is 1. The molecule has 14 nitrogen and oxygen atoms in total. The predicted molar refractivity (Wildman–Crippen MR) is 204 cm³/mol. The van der Waals surface area contributed by atoms with Gasteiger partial charge in [-0.05, 0) is 50.3 Å². The van der Waals surface area contributed by atoms with Crippen molar-refractivity contribution < 1.29 is 35.9 Å². The molecular weight excluding hydrogens is 775 g/mol. The molecule has 19 heteroatoms. The quantitative estimate of drug-likeness (QED) is 0.222. The van der Waals surface area contributed by atoms with E-state index in [1.807, 2.05) is 6.07 Å². The van der Waals surface area contributed by atoms with Crippen molar-refractivity contribution in [3.8, 4) is 11.8 Å². The van der Waals surface area contributed by atoms with Crippen molar-refractivity contribution in [3.63, 3.8) is 0 Å². The number of piperazine rings is 2. The van der Waals surface area contributed by atoms with E-state index in [1.165, 1.54) is 10.5 Å². The third-order valence-corrected chi connectivity index (χ3v) is 12.5. The molecule has 0 atom stereocenters. The van der Waals surface area contributed by atoms with Gasteiger partial charge >= 0.3 is 6.18 Å². The molecule has 3 fully saturated rings. The number of carbonyl (C=O) groups is 1. The van der Waals surface area contributed by atoms with Crippen LogP contribution in [0.25, 0.3) is 0 Å². The van der Waals surface area contributed by atoms with Gasteiger partial charge in [-0.15, -0.1) is 0 Å². The van der Waals surface area contributed by atoms with Crippen LogP contribution in [0.15, 0.2) is 49.1 Å². The molecule has 3 aliphatic rings. The van der Waals surface area contributed by atoms with Gasteiger partial charge in [0.15, 0.2) is 11.4 Å². The lowest BCUT2D eigenvalue weighted by molar-refractivity contribution is -0.137. The highest BCUT2D eigenvalue weighted by atomic mass is 35.5. The Labute approximate surface area is 329 Å². The monoisotopic (exact) mass is 819 g/mol. The van der Waals surface area contributed by atoms with Crippen molar-refractivity contribution in [1.29, 1.82) is 5.26 Å². The van der Waals surface area contributed by atoms with Crippen LogP contribution in [0.5, 0.6) is 5.75 Å². The second kappa shape index (κ2) is 18.3. The summed E-state index contributed by atoms with van der Waals surface area (Å²) < 4.78 is 78.3. The highest BCUT2D eigenvalue weighted by Crippen LogP contribution is 2.36. The summed E-state index contributed by atoms with van der Waals surface area (Å²) in [6.07, 6.45) is 5.32. The molecule has 0 spiro atoms. The molecule has 302 valence electrons. The summed E-state index contributed by atoms with van der Waals surface area (Å²) in [7, 11) is -3.57. The molecule has 2 aromatic heterocycles. The molecule has 1 aromatic carbocycles. The minimum Gasteiger partial charge on any atom is -0.477 e. The summed E-state index contributed by atoms with van der Waals surface area (Å²) in [6.45, 7) is 5.22. The minimum atomic E-state index is -4.50. The van der Waals surface area contributed by atoms with Crippen molar-refractivity contribution in [2.45, 2.75) is 50.3 Å². The lowest BCUT2D eigenvalue weighted by atomic mass is 9.83. The van der Waals surface area contributed by atoms with E-state index in [1.54, 1.807) is 35.5 Å². The van der Waals surface area contributed by atoms with E-state index >= 15 is 0 Å². The van der Waals surface area contributed by atoms with E-state index < -0.39 is 27.4 Å². The Morgan fingerprint density at radius 2 is 1.66 bits per heavy atom. The molecule has 2 saturated heterocycles. The second-order valence-corrected chi connectivity index (χ2v) is 16.5. The first-order chi connectivity index (χ1) is 26.8. The van der Waals surface area contributed by atoms with Gasteiger partial charge in [-0.2, -0.15) is 22.7 Å². The SMILES string of the molecule is N#Cc1ccc(OC2(C(=O)Nc3cnc(N4CCN(CCCOCCS(=O)(=O)N5CCN(c6cncc(C(F)(F)F)c6)CC5)CC4)cn3)CCCCC2)cc1Cl. The maximum absolute atomic E-state index is 13.6. The number of anilines is 3. The number of nitrogens with zero attached hydrogens (tertiary/aromatic N) is 8. The van der Waals surface area contributed by atoms with Crippen molar-refractivity contribution in [2.24, 2.45) is 0 Å². The summed E-state index contributed by atoms with van der Waals surface area (Å²) in [5.74, 6) is 0.992. The fourth-order valence-corrected chi connectivity index (χ4v) is 8.64. The third-order valence-electron chi connectivity index (χ3n) is 10.3. The largest absolute Gasteiger partial charge is 0.477 e. The number of alkyl halides is 3. The molecule has 6 rings (SSSR count). The van der Waals surface area contributed by atoms with E-state index in [0.29, 0.717) is 48.1 Å². The number of amides is 1. The first kappa shape index (κ1) is 41.4. The molecule has 1 N–H and O–H groups in total. The van der Waals surface area contributed by atoms with Gasteiger partial charge in [-0.3, -0.25) is 14.7 Å². The van der Waals surface area contributed by atoms with Gasteiger partial charge in [0.2, 0.25) is 10.0 Å². The van der Waals surface area contributed by atoms with Gasteiger partial charge in [-0.25, -0.2) is 18.4 Å². The number of nitriles is 1. The van der Waals surface area contributed by atoms with E-state index in [2.05, 4.69) is 30.1 Å². The zero-order valence-electron chi connectivity index (χ0n) is 30.9. The summed E-state index contributed by atoms with van der Waals surface area (Å²) in [6, 6.07) is 7.85. The molecule has 0 unspecified atom stereocenters. The Balaban J connectivity index is 0.875. The lowest BCUT2D eigenvalue weighted by Gasteiger charge is -2.36. The number of sulfonamides is 1. The van der Waals surface area contributed by atoms with E-state index in [4.69, 9.17) is 21.1 Å². The predicted octanol–water partition coefficient (Wildman–Crippen LogP) is 4.82. The van der Waals surface area contributed by atoms with E-state index in [9.17, 15) is 31.6 Å². The molecule has 4 heterocycles. The van der Waals surface area contributed by atoms with E-state index in [0.717, 1.165) is 70.7 Å². The summed E-state index contributed by atoms with van der Waals surface area (Å²) in [5, 5.41) is 12.4. The van der Waals surface area contributed by atoms with Crippen LogP contribution in [-0.4, -0.2) is 122 Å². The van der Waals surface area contributed by atoms with Crippen LogP contribution in [-0.2, 0) is 25.7 Å². The Morgan fingerprint density at radius 1 is 0.929 bits per heavy atom. The first-order valence-corrected chi connectivity index (χ1v) is 20.7. The Hall–Kier alpha value is -4.28. The summed E-state index contributed by atoms with van der Waals surface area (Å²) in [5.41, 5.74) is -1.28. The minimum absolute atomic E-state index is 0.0585. The van der Waals surface area contributed by atoms with Crippen LogP contribution < -0.4 is 19.9 Å². The van der Waals surface area contributed by atoms with Gasteiger partial charge in [0.05, 0.1) is 52.8 Å². The van der Waals surface area contributed by atoms with Crippen molar-refractivity contribution in [1.82, 2.24) is 24.2 Å². The van der Waals surface area contributed by atoms with E-state index in [-0.39, 0.29) is 49.5 Å².